The maximum absolute atomic E-state index is 12.1. The first kappa shape index (κ1) is 16.9. The van der Waals surface area contributed by atoms with E-state index in [2.05, 4.69) is 10.3 Å². The van der Waals surface area contributed by atoms with E-state index in [-0.39, 0.29) is 11.1 Å². The average Bonchev–Trinajstić information content (AvgIpc) is 2.60. The van der Waals surface area contributed by atoms with Crippen molar-refractivity contribution in [2.75, 3.05) is 14.2 Å². The molecule has 24 heavy (non-hydrogen) atoms. The van der Waals surface area contributed by atoms with Crippen LogP contribution in [0.2, 0.25) is 0 Å². The summed E-state index contributed by atoms with van der Waals surface area (Å²) in [5.74, 6) is -1.18. The van der Waals surface area contributed by atoms with Gasteiger partial charge in [-0.05, 0) is 34.2 Å². The Morgan fingerprint density at radius 1 is 1.04 bits per heavy atom. The highest BCUT2D eigenvalue weighted by Gasteiger charge is 2.17. The largest absolute Gasteiger partial charge is 0.493 e. The molecule has 0 saturated heterocycles. The quantitative estimate of drug-likeness (QED) is 0.501. The van der Waals surface area contributed by atoms with Gasteiger partial charge in [0.2, 0.25) is 0 Å². The van der Waals surface area contributed by atoms with Crippen LogP contribution in [0, 0.1) is 10.1 Å². The minimum absolute atomic E-state index is 0.0504. The minimum Gasteiger partial charge on any atom is -0.493 e. The van der Waals surface area contributed by atoms with Crippen LogP contribution in [0.3, 0.4) is 0 Å². The molecule has 124 valence electrons. The number of methoxy groups -OCH3 is 2. The second-order valence-corrected chi connectivity index (χ2v) is 4.51. The highest BCUT2D eigenvalue weighted by molar-refractivity contribution is 6.10. The third kappa shape index (κ3) is 3.64. The number of amides is 2. The smallest absolute Gasteiger partial charge is 0.364 e. The van der Waals surface area contributed by atoms with Crippen LogP contribution >= 0.6 is 0 Å². The number of carbonyl (C=O) groups excluding carboxylic acids is 2. The van der Waals surface area contributed by atoms with Gasteiger partial charge in [0.15, 0.2) is 11.5 Å². The first-order valence-electron chi connectivity index (χ1n) is 6.64. The van der Waals surface area contributed by atoms with Crippen molar-refractivity contribution < 1.29 is 24.0 Å². The summed E-state index contributed by atoms with van der Waals surface area (Å²) in [6.07, 6.45) is 1.12. The maximum Gasteiger partial charge on any atom is 0.364 e. The molecule has 0 atom stereocenters. The van der Waals surface area contributed by atoms with E-state index in [1.54, 1.807) is 0 Å². The summed E-state index contributed by atoms with van der Waals surface area (Å²) >= 11 is 0. The lowest BCUT2D eigenvalue weighted by molar-refractivity contribution is -0.389. The van der Waals surface area contributed by atoms with Crippen molar-refractivity contribution >= 4 is 17.6 Å². The van der Waals surface area contributed by atoms with Crippen LogP contribution in [-0.4, -0.2) is 35.9 Å². The second kappa shape index (κ2) is 7.18. The molecule has 0 saturated carbocycles. The number of hydrogen-bond acceptors (Lipinski definition) is 7. The zero-order chi connectivity index (χ0) is 17.7. The molecule has 9 heteroatoms. The number of rotatable bonds is 5. The molecule has 1 aromatic carbocycles. The predicted molar refractivity (Wildman–Crippen MR) is 82.2 cm³/mol. The number of nitro groups is 1. The summed E-state index contributed by atoms with van der Waals surface area (Å²) in [5.41, 5.74) is 0.120. The molecule has 0 bridgehead atoms. The van der Waals surface area contributed by atoms with Crippen molar-refractivity contribution in [3.8, 4) is 11.5 Å². The van der Waals surface area contributed by atoms with Crippen LogP contribution in [0.15, 0.2) is 36.5 Å². The van der Waals surface area contributed by atoms with Crippen molar-refractivity contribution in [3.05, 3.63) is 57.8 Å². The monoisotopic (exact) mass is 331 g/mol. The summed E-state index contributed by atoms with van der Waals surface area (Å²) in [7, 11) is 2.87. The van der Waals surface area contributed by atoms with E-state index in [1.165, 1.54) is 38.5 Å². The highest BCUT2D eigenvalue weighted by Crippen LogP contribution is 2.27. The van der Waals surface area contributed by atoms with Crippen molar-refractivity contribution in [1.29, 1.82) is 0 Å². The highest BCUT2D eigenvalue weighted by atomic mass is 16.6. The van der Waals surface area contributed by atoms with Crippen LogP contribution in [0.4, 0.5) is 5.82 Å². The molecular formula is C15H13N3O6. The van der Waals surface area contributed by atoms with E-state index in [1.807, 2.05) is 0 Å². The van der Waals surface area contributed by atoms with E-state index in [4.69, 9.17) is 9.47 Å². The normalized spacial score (nSPS) is 9.92. The number of hydrogen-bond donors (Lipinski definition) is 1. The van der Waals surface area contributed by atoms with Gasteiger partial charge in [0.1, 0.15) is 6.20 Å². The number of aromatic nitrogens is 1. The Labute approximate surface area is 136 Å². The number of imide groups is 1. The number of nitrogens with zero attached hydrogens (tertiary/aromatic N) is 2. The molecule has 1 heterocycles. The van der Waals surface area contributed by atoms with Crippen LogP contribution in [-0.2, 0) is 0 Å². The van der Waals surface area contributed by atoms with E-state index in [9.17, 15) is 19.7 Å². The molecule has 2 aromatic rings. The third-order valence-corrected chi connectivity index (χ3v) is 3.07. The molecule has 0 aliphatic carbocycles. The molecular weight excluding hydrogens is 318 g/mol. The maximum atomic E-state index is 12.1. The number of nitrogens with one attached hydrogen (secondary N) is 1. The van der Waals surface area contributed by atoms with Gasteiger partial charge in [0, 0.05) is 11.6 Å². The molecule has 0 fully saturated rings. The fraction of sp³-hybridized carbons (Fsp3) is 0.133. The molecule has 0 radical (unpaired) electrons. The van der Waals surface area contributed by atoms with E-state index >= 15 is 0 Å². The van der Waals surface area contributed by atoms with Crippen LogP contribution in [0.25, 0.3) is 0 Å². The predicted octanol–water partition coefficient (Wildman–Crippen LogP) is 1.58. The van der Waals surface area contributed by atoms with Crippen molar-refractivity contribution in [3.63, 3.8) is 0 Å². The molecule has 0 aliphatic heterocycles. The number of pyridine rings is 1. The van der Waals surface area contributed by atoms with Gasteiger partial charge in [-0.3, -0.25) is 14.9 Å². The van der Waals surface area contributed by atoms with E-state index < -0.39 is 22.6 Å². The Morgan fingerprint density at radius 3 is 2.25 bits per heavy atom. The van der Waals surface area contributed by atoms with Gasteiger partial charge < -0.3 is 19.6 Å². The number of ether oxygens (including phenoxy) is 2. The Balaban J connectivity index is 2.18. The Morgan fingerprint density at radius 2 is 1.67 bits per heavy atom. The Hall–Kier alpha value is -3.49. The fourth-order valence-electron chi connectivity index (χ4n) is 1.88. The summed E-state index contributed by atoms with van der Waals surface area (Å²) in [5, 5.41) is 12.8. The zero-order valence-electron chi connectivity index (χ0n) is 12.8. The van der Waals surface area contributed by atoms with E-state index in [0.717, 1.165) is 12.3 Å². The number of carbonyl (C=O) groups is 2. The first-order chi connectivity index (χ1) is 11.5. The molecule has 0 spiro atoms. The van der Waals surface area contributed by atoms with Gasteiger partial charge in [-0.1, -0.05) is 0 Å². The van der Waals surface area contributed by atoms with E-state index in [0.29, 0.717) is 11.5 Å². The summed E-state index contributed by atoms with van der Waals surface area (Å²) in [4.78, 5) is 37.6. The molecule has 1 aromatic heterocycles. The molecule has 2 amide bonds. The van der Waals surface area contributed by atoms with Crippen molar-refractivity contribution in [1.82, 2.24) is 10.3 Å². The van der Waals surface area contributed by atoms with Crippen LogP contribution in [0.5, 0.6) is 11.5 Å². The summed E-state index contributed by atoms with van der Waals surface area (Å²) < 4.78 is 10.1. The van der Waals surface area contributed by atoms with Crippen LogP contribution < -0.4 is 14.8 Å². The van der Waals surface area contributed by atoms with Crippen molar-refractivity contribution in [2.24, 2.45) is 0 Å². The molecule has 1 N–H and O–H groups in total. The van der Waals surface area contributed by atoms with Gasteiger partial charge >= 0.3 is 5.82 Å². The van der Waals surface area contributed by atoms with Gasteiger partial charge in [-0.2, -0.15) is 0 Å². The minimum atomic E-state index is -0.778. The van der Waals surface area contributed by atoms with Crippen LogP contribution in [0.1, 0.15) is 20.7 Å². The lowest BCUT2D eigenvalue weighted by Gasteiger charge is -2.09. The first-order valence-corrected chi connectivity index (χ1v) is 6.64. The average molecular weight is 331 g/mol. The standard InChI is InChI=1S/C15H13N3O6/c1-23-11-4-3-9(7-12(11)24-2)14(19)17-15(20)10-5-6-16-13(8-10)18(21)22/h3-8H,1-2H3,(H,17,19,20). The second-order valence-electron chi connectivity index (χ2n) is 4.51. The molecule has 9 nitrogen and oxygen atoms in total. The Bertz CT molecular complexity index is 806. The molecule has 0 unspecified atom stereocenters. The lowest BCUT2D eigenvalue weighted by atomic mass is 10.1. The number of benzene rings is 1. The molecule has 2 rings (SSSR count). The van der Waals surface area contributed by atoms with Gasteiger partial charge in [-0.15, -0.1) is 0 Å². The lowest BCUT2D eigenvalue weighted by Crippen LogP contribution is -2.30. The third-order valence-electron chi connectivity index (χ3n) is 3.07. The fourth-order valence-corrected chi connectivity index (χ4v) is 1.88. The Kier molecular flexibility index (Phi) is 5.05. The van der Waals surface area contributed by atoms with Gasteiger partial charge in [0.25, 0.3) is 11.8 Å². The SMILES string of the molecule is COc1ccc(C(=O)NC(=O)c2ccnc([N+](=O)[O-])c2)cc1OC. The zero-order valence-corrected chi connectivity index (χ0v) is 12.8. The van der Waals surface area contributed by atoms with Gasteiger partial charge in [-0.25, -0.2) is 0 Å². The molecule has 0 aliphatic rings. The van der Waals surface area contributed by atoms with Crippen molar-refractivity contribution in [2.45, 2.75) is 0 Å². The van der Waals surface area contributed by atoms with Gasteiger partial charge in [0.05, 0.1) is 19.8 Å². The summed E-state index contributed by atoms with van der Waals surface area (Å²) in [6.45, 7) is 0. The topological polar surface area (TPSA) is 121 Å². The summed E-state index contributed by atoms with van der Waals surface area (Å²) in [6, 6.07) is 6.65.